The fourth-order valence-corrected chi connectivity index (χ4v) is 3.74. The van der Waals surface area contributed by atoms with Gasteiger partial charge < -0.3 is 15.1 Å². The van der Waals surface area contributed by atoms with E-state index in [2.05, 4.69) is 10.2 Å². The van der Waals surface area contributed by atoms with Crippen molar-refractivity contribution in [3.8, 4) is 0 Å². The van der Waals surface area contributed by atoms with Gasteiger partial charge in [-0.25, -0.2) is 0 Å². The first-order valence-corrected chi connectivity index (χ1v) is 8.73. The molecule has 3 heterocycles. The molecular formula is C16H29ClN4O2. The SMILES string of the molecule is Cl.O=C(CN1CCCC1)N1CCN(C(=O)C2CCNCC2)CC1. The van der Waals surface area contributed by atoms with Gasteiger partial charge in [0.1, 0.15) is 0 Å². The molecule has 0 aromatic carbocycles. The Morgan fingerprint density at radius 3 is 2.04 bits per heavy atom. The van der Waals surface area contributed by atoms with Crippen molar-refractivity contribution >= 4 is 24.2 Å². The van der Waals surface area contributed by atoms with Gasteiger partial charge in [-0.15, -0.1) is 12.4 Å². The number of hydrogen-bond acceptors (Lipinski definition) is 4. The molecule has 2 amide bonds. The van der Waals surface area contributed by atoms with Gasteiger partial charge in [-0.05, 0) is 51.9 Å². The zero-order chi connectivity index (χ0) is 15.4. The first-order chi connectivity index (χ1) is 10.7. The Morgan fingerprint density at radius 2 is 1.43 bits per heavy atom. The monoisotopic (exact) mass is 344 g/mol. The van der Waals surface area contributed by atoms with E-state index in [1.165, 1.54) is 12.8 Å². The smallest absolute Gasteiger partial charge is 0.236 e. The number of hydrogen-bond donors (Lipinski definition) is 1. The van der Waals surface area contributed by atoms with Crippen LogP contribution in [-0.2, 0) is 9.59 Å². The Hall–Kier alpha value is -0.850. The fraction of sp³-hybridized carbons (Fsp3) is 0.875. The number of likely N-dealkylation sites (tertiary alicyclic amines) is 1. The standard InChI is InChI=1S/C16H28N4O2.ClH/c21-15(13-18-7-1-2-8-18)19-9-11-20(12-10-19)16(22)14-3-5-17-6-4-14;/h14,17H,1-13H2;1H. The summed E-state index contributed by atoms with van der Waals surface area (Å²) in [4.78, 5) is 30.9. The lowest BCUT2D eigenvalue weighted by Crippen LogP contribution is -2.54. The van der Waals surface area contributed by atoms with E-state index in [-0.39, 0.29) is 24.2 Å². The lowest BCUT2D eigenvalue weighted by Gasteiger charge is -2.37. The van der Waals surface area contributed by atoms with Crippen molar-refractivity contribution < 1.29 is 9.59 Å². The van der Waals surface area contributed by atoms with E-state index >= 15 is 0 Å². The molecule has 0 atom stereocenters. The van der Waals surface area contributed by atoms with Gasteiger partial charge in [0, 0.05) is 32.1 Å². The molecule has 0 aliphatic carbocycles. The minimum absolute atomic E-state index is 0. The van der Waals surface area contributed by atoms with Gasteiger partial charge in [-0.2, -0.15) is 0 Å². The highest BCUT2D eigenvalue weighted by molar-refractivity contribution is 5.85. The zero-order valence-electron chi connectivity index (χ0n) is 13.8. The van der Waals surface area contributed by atoms with E-state index in [1.807, 2.05) is 9.80 Å². The van der Waals surface area contributed by atoms with Gasteiger partial charge in [0.05, 0.1) is 6.54 Å². The largest absolute Gasteiger partial charge is 0.339 e. The fourth-order valence-electron chi connectivity index (χ4n) is 3.74. The van der Waals surface area contributed by atoms with E-state index in [0.717, 1.165) is 39.0 Å². The van der Waals surface area contributed by atoms with E-state index in [9.17, 15) is 9.59 Å². The number of rotatable bonds is 3. The van der Waals surface area contributed by atoms with Gasteiger partial charge in [-0.3, -0.25) is 14.5 Å². The summed E-state index contributed by atoms with van der Waals surface area (Å²) in [5.74, 6) is 0.720. The summed E-state index contributed by atoms with van der Waals surface area (Å²) in [6, 6.07) is 0. The normalized spacial score (nSPS) is 23.7. The molecule has 132 valence electrons. The van der Waals surface area contributed by atoms with Crippen molar-refractivity contribution in [2.75, 3.05) is 58.9 Å². The van der Waals surface area contributed by atoms with Gasteiger partial charge >= 0.3 is 0 Å². The third kappa shape index (κ3) is 4.81. The van der Waals surface area contributed by atoms with Crippen molar-refractivity contribution in [2.24, 2.45) is 5.92 Å². The van der Waals surface area contributed by atoms with E-state index in [1.54, 1.807) is 0 Å². The molecule has 3 aliphatic rings. The van der Waals surface area contributed by atoms with Gasteiger partial charge in [0.2, 0.25) is 11.8 Å². The summed E-state index contributed by atoms with van der Waals surface area (Å²) in [5.41, 5.74) is 0. The minimum Gasteiger partial charge on any atom is -0.339 e. The molecule has 3 saturated heterocycles. The minimum atomic E-state index is 0. The quantitative estimate of drug-likeness (QED) is 0.793. The number of carbonyl (C=O) groups is 2. The van der Waals surface area contributed by atoms with Crippen LogP contribution >= 0.6 is 12.4 Å². The highest BCUT2D eigenvalue weighted by atomic mass is 35.5. The number of amides is 2. The number of nitrogens with zero attached hydrogens (tertiary/aromatic N) is 3. The second kappa shape index (κ2) is 8.85. The van der Waals surface area contributed by atoms with Crippen molar-refractivity contribution in [1.82, 2.24) is 20.0 Å². The van der Waals surface area contributed by atoms with E-state index in [0.29, 0.717) is 38.6 Å². The lowest BCUT2D eigenvalue weighted by molar-refractivity contribution is -0.143. The summed E-state index contributed by atoms with van der Waals surface area (Å²) in [5, 5.41) is 3.30. The van der Waals surface area contributed by atoms with Gasteiger partial charge in [0.15, 0.2) is 0 Å². The first kappa shape index (κ1) is 18.5. The third-order valence-electron chi connectivity index (χ3n) is 5.19. The van der Waals surface area contributed by atoms with Crippen molar-refractivity contribution in [3.05, 3.63) is 0 Å². The number of carbonyl (C=O) groups excluding carboxylic acids is 2. The Balaban J connectivity index is 0.00000192. The summed E-state index contributed by atoms with van der Waals surface area (Å²) < 4.78 is 0. The summed E-state index contributed by atoms with van der Waals surface area (Å²) >= 11 is 0. The summed E-state index contributed by atoms with van der Waals surface area (Å²) in [6.07, 6.45) is 4.33. The molecule has 6 nitrogen and oxygen atoms in total. The molecule has 3 fully saturated rings. The number of piperidine rings is 1. The van der Waals surface area contributed by atoms with Crippen LogP contribution in [0.1, 0.15) is 25.7 Å². The van der Waals surface area contributed by atoms with Gasteiger partial charge in [-0.1, -0.05) is 0 Å². The zero-order valence-corrected chi connectivity index (χ0v) is 14.7. The van der Waals surface area contributed by atoms with Crippen LogP contribution in [0.5, 0.6) is 0 Å². The highest BCUT2D eigenvalue weighted by Crippen LogP contribution is 2.17. The average Bonchev–Trinajstić information content (AvgIpc) is 3.08. The van der Waals surface area contributed by atoms with Gasteiger partial charge in [0.25, 0.3) is 0 Å². The molecule has 0 bridgehead atoms. The molecule has 1 N–H and O–H groups in total. The number of halogens is 1. The Morgan fingerprint density at radius 1 is 0.870 bits per heavy atom. The predicted molar refractivity (Wildman–Crippen MR) is 91.7 cm³/mol. The van der Waals surface area contributed by atoms with Crippen LogP contribution < -0.4 is 5.32 Å². The molecule has 0 spiro atoms. The maximum absolute atomic E-state index is 12.5. The second-order valence-electron chi connectivity index (χ2n) is 6.71. The maximum atomic E-state index is 12.5. The van der Waals surface area contributed by atoms with E-state index < -0.39 is 0 Å². The van der Waals surface area contributed by atoms with E-state index in [4.69, 9.17) is 0 Å². The van der Waals surface area contributed by atoms with Crippen LogP contribution in [0.2, 0.25) is 0 Å². The lowest BCUT2D eigenvalue weighted by atomic mass is 9.96. The molecule has 0 unspecified atom stereocenters. The van der Waals surface area contributed by atoms with Crippen LogP contribution in [0.15, 0.2) is 0 Å². The molecular weight excluding hydrogens is 316 g/mol. The molecule has 0 aromatic rings. The Bertz CT molecular complexity index is 401. The van der Waals surface area contributed by atoms with Crippen LogP contribution in [0.25, 0.3) is 0 Å². The third-order valence-corrected chi connectivity index (χ3v) is 5.19. The summed E-state index contributed by atoms with van der Waals surface area (Å²) in [6.45, 7) is 7.37. The van der Waals surface area contributed by atoms with Crippen LogP contribution in [0.4, 0.5) is 0 Å². The Kier molecular flexibility index (Phi) is 7.11. The molecule has 3 aliphatic heterocycles. The molecule has 0 radical (unpaired) electrons. The van der Waals surface area contributed by atoms with Crippen LogP contribution in [-0.4, -0.2) is 85.4 Å². The van der Waals surface area contributed by atoms with Crippen LogP contribution in [0, 0.1) is 5.92 Å². The topological polar surface area (TPSA) is 55.9 Å². The Labute approximate surface area is 145 Å². The summed E-state index contributed by atoms with van der Waals surface area (Å²) in [7, 11) is 0. The number of piperazine rings is 1. The first-order valence-electron chi connectivity index (χ1n) is 8.73. The predicted octanol–water partition coefficient (Wildman–Crippen LogP) is 0.174. The molecule has 3 rings (SSSR count). The number of nitrogens with one attached hydrogen (secondary N) is 1. The van der Waals surface area contributed by atoms with Crippen molar-refractivity contribution in [3.63, 3.8) is 0 Å². The average molecular weight is 345 g/mol. The van der Waals surface area contributed by atoms with Crippen molar-refractivity contribution in [1.29, 1.82) is 0 Å². The maximum Gasteiger partial charge on any atom is 0.236 e. The molecule has 7 heteroatoms. The van der Waals surface area contributed by atoms with Crippen molar-refractivity contribution in [2.45, 2.75) is 25.7 Å². The molecule has 0 aromatic heterocycles. The molecule has 0 saturated carbocycles. The second-order valence-corrected chi connectivity index (χ2v) is 6.71. The highest BCUT2D eigenvalue weighted by Gasteiger charge is 2.30. The van der Waals surface area contributed by atoms with Crippen LogP contribution in [0.3, 0.4) is 0 Å². The molecule has 23 heavy (non-hydrogen) atoms.